The molecule has 7 heteroatoms. The lowest BCUT2D eigenvalue weighted by Gasteiger charge is -2.33. The average molecular weight is 475 g/mol. The molecule has 172 valence electrons. The molecule has 0 spiro atoms. The lowest BCUT2D eigenvalue weighted by atomic mass is 9.95. The fraction of sp³-hybridized carbons (Fsp3) is 0.400. The van der Waals surface area contributed by atoms with Gasteiger partial charge in [0, 0.05) is 29.2 Å². The predicted molar refractivity (Wildman–Crippen MR) is 132 cm³/mol. The van der Waals surface area contributed by atoms with Gasteiger partial charge in [-0.25, -0.2) is 8.42 Å². The SMILES string of the molecule is CCCC[C@H](CC)CNC(=O)C1=C(c2ccccc2)c2cc(Cl)ccc2N(CC)S1(=O)=O. The summed E-state index contributed by atoms with van der Waals surface area (Å²) >= 11 is 6.30. The van der Waals surface area contributed by atoms with E-state index in [-0.39, 0.29) is 11.4 Å². The van der Waals surface area contributed by atoms with E-state index in [0.717, 1.165) is 25.7 Å². The van der Waals surface area contributed by atoms with E-state index in [1.54, 1.807) is 25.1 Å². The molecular formula is C25H31ClN2O3S. The summed E-state index contributed by atoms with van der Waals surface area (Å²) in [6.07, 6.45) is 4.10. The van der Waals surface area contributed by atoms with Crippen LogP contribution >= 0.6 is 11.6 Å². The van der Waals surface area contributed by atoms with Crippen LogP contribution in [-0.2, 0) is 14.8 Å². The van der Waals surface area contributed by atoms with Gasteiger partial charge >= 0.3 is 0 Å². The van der Waals surface area contributed by atoms with Crippen LogP contribution in [-0.4, -0.2) is 27.4 Å². The molecule has 1 amide bonds. The summed E-state index contributed by atoms with van der Waals surface area (Å²) in [5, 5.41) is 3.41. The molecule has 1 heterocycles. The molecule has 1 aliphatic heterocycles. The molecule has 0 unspecified atom stereocenters. The third-order valence-electron chi connectivity index (χ3n) is 5.92. The molecule has 1 atom stereocenters. The lowest BCUT2D eigenvalue weighted by molar-refractivity contribution is -0.117. The van der Waals surface area contributed by atoms with Crippen molar-refractivity contribution in [1.29, 1.82) is 0 Å². The Hall–Kier alpha value is -2.31. The maximum absolute atomic E-state index is 13.7. The molecule has 0 aromatic heterocycles. The van der Waals surface area contributed by atoms with E-state index in [4.69, 9.17) is 11.6 Å². The second-order valence-electron chi connectivity index (χ2n) is 8.03. The Balaban J connectivity index is 2.16. The van der Waals surface area contributed by atoms with Crippen LogP contribution in [0.1, 0.15) is 57.6 Å². The molecule has 32 heavy (non-hydrogen) atoms. The summed E-state index contributed by atoms with van der Waals surface area (Å²) in [5.74, 6) is -0.252. The van der Waals surface area contributed by atoms with Gasteiger partial charge in [0.15, 0.2) is 4.91 Å². The highest BCUT2D eigenvalue weighted by molar-refractivity contribution is 7.97. The second kappa shape index (κ2) is 10.5. The third-order valence-corrected chi connectivity index (χ3v) is 8.10. The Labute approximate surface area is 196 Å². The Morgan fingerprint density at radius 3 is 2.44 bits per heavy atom. The maximum Gasteiger partial charge on any atom is 0.270 e. The van der Waals surface area contributed by atoms with Gasteiger partial charge in [-0.3, -0.25) is 9.10 Å². The van der Waals surface area contributed by atoms with Crippen molar-refractivity contribution >= 4 is 38.8 Å². The van der Waals surface area contributed by atoms with Crippen LogP contribution in [0.4, 0.5) is 5.69 Å². The summed E-state index contributed by atoms with van der Waals surface area (Å²) < 4.78 is 28.6. The molecule has 0 fully saturated rings. The van der Waals surface area contributed by atoms with Gasteiger partial charge in [-0.05, 0) is 43.0 Å². The first-order valence-electron chi connectivity index (χ1n) is 11.3. The summed E-state index contributed by atoms with van der Waals surface area (Å²) in [4.78, 5) is 13.2. The van der Waals surface area contributed by atoms with Gasteiger partial charge in [0.1, 0.15) is 0 Å². The lowest BCUT2D eigenvalue weighted by Crippen LogP contribution is -2.42. The molecule has 0 saturated carbocycles. The summed E-state index contributed by atoms with van der Waals surface area (Å²) in [6, 6.07) is 14.3. The molecule has 1 aliphatic rings. The highest BCUT2D eigenvalue weighted by atomic mass is 35.5. The van der Waals surface area contributed by atoms with Gasteiger partial charge in [-0.2, -0.15) is 0 Å². The number of sulfonamides is 1. The number of unbranched alkanes of at least 4 members (excludes halogenated alkanes) is 1. The molecular weight excluding hydrogens is 444 g/mol. The van der Waals surface area contributed by atoms with E-state index in [1.807, 2.05) is 30.3 Å². The van der Waals surface area contributed by atoms with Gasteiger partial charge in [0.2, 0.25) is 0 Å². The largest absolute Gasteiger partial charge is 0.351 e. The van der Waals surface area contributed by atoms with E-state index in [2.05, 4.69) is 19.2 Å². The van der Waals surface area contributed by atoms with Crippen molar-refractivity contribution in [2.24, 2.45) is 5.92 Å². The van der Waals surface area contributed by atoms with Crippen LogP contribution < -0.4 is 9.62 Å². The summed E-state index contributed by atoms with van der Waals surface area (Å²) in [5.41, 5.74) is 2.23. The van der Waals surface area contributed by atoms with Crippen molar-refractivity contribution in [2.45, 2.75) is 46.5 Å². The molecule has 1 N–H and O–H groups in total. The Morgan fingerprint density at radius 1 is 1.09 bits per heavy atom. The molecule has 2 aromatic rings. The van der Waals surface area contributed by atoms with Crippen molar-refractivity contribution in [3.8, 4) is 0 Å². The number of fused-ring (bicyclic) bond motifs is 1. The normalized spacial score (nSPS) is 15.9. The Morgan fingerprint density at radius 2 is 1.81 bits per heavy atom. The van der Waals surface area contributed by atoms with Crippen molar-refractivity contribution in [1.82, 2.24) is 5.32 Å². The fourth-order valence-corrected chi connectivity index (χ4v) is 6.08. The zero-order valence-electron chi connectivity index (χ0n) is 18.9. The van der Waals surface area contributed by atoms with Crippen LogP contribution in [0.15, 0.2) is 53.4 Å². The van der Waals surface area contributed by atoms with E-state index in [0.29, 0.717) is 39.9 Å². The first-order chi connectivity index (χ1) is 15.3. The number of hydrogen-bond acceptors (Lipinski definition) is 3. The van der Waals surface area contributed by atoms with Crippen LogP contribution in [0.3, 0.4) is 0 Å². The molecule has 3 rings (SSSR count). The standard InChI is InChI=1S/C25H31ClN2O3S/c1-4-7-11-18(5-2)17-27-25(29)24-23(19-12-9-8-10-13-19)21-16-20(26)14-15-22(21)28(6-3)32(24,30)31/h8-10,12-16,18H,4-7,11,17H2,1-3H3,(H,27,29)/t18-/m0/s1. The summed E-state index contributed by atoms with van der Waals surface area (Å²) in [6.45, 7) is 6.65. The first kappa shape index (κ1) is 24.3. The first-order valence-corrected chi connectivity index (χ1v) is 13.1. The molecule has 2 aromatic carbocycles. The number of halogens is 1. The summed E-state index contributed by atoms with van der Waals surface area (Å²) in [7, 11) is -4.05. The predicted octanol–water partition coefficient (Wildman–Crippen LogP) is 5.60. The third kappa shape index (κ3) is 4.86. The smallest absolute Gasteiger partial charge is 0.270 e. The monoisotopic (exact) mass is 474 g/mol. The minimum atomic E-state index is -4.05. The Bertz CT molecular complexity index is 1100. The number of benzene rings is 2. The quantitative estimate of drug-likeness (QED) is 0.514. The number of amides is 1. The van der Waals surface area contributed by atoms with Gasteiger partial charge < -0.3 is 5.32 Å². The zero-order chi connectivity index (χ0) is 23.3. The topological polar surface area (TPSA) is 66.5 Å². The number of nitrogens with zero attached hydrogens (tertiary/aromatic N) is 1. The van der Waals surface area contributed by atoms with Crippen LogP contribution in [0.5, 0.6) is 0 Å². The number of nitrogens with one attached hydrogen (secondary N) is 1. The zero-order valence-corrected chi connectivity index (χ0v) is 20.5. The van der Waals surface area contributed by atoms with E-state index >= 15 is 0 Å². The van der Waals surface area contributed by atoms with Crippen molar-refractivity contribution < 1.29 is 13.2 Å². The van der Waals surface area contributed by atoms with Gasteiger partial charge in [0.25, 0.3) is 15.9 Å². The number of anilines is 1. The molecule has 0 saturated heterocycles. The minimum Gasteiger partial charge on any atom is -0.351 e. The molecule has 5 nitrogen and oxygen atoms in total. The number of rotatable bonds is 9. The van der Waals surface area contributed by atoms with Crippen LogP contribution in [0.25, 0.3) is 5.57 Å². The second-order valence-corrected chi connectivity index (χ2v) is 10.3. The van der Waals surface area contributed by atoms with E-state index in [9.17, 15) is 13.2 Å². The number of carbonyl (C=O) groups excluding carboxylic acids is 1. The maximum atomic E-state index is 13.7. The van der Waals surface area contributed by atoms with Gasteiger partial charge in [0.05, 0.1) is 5.69 Å². The van der Waals surface area contributed by atoms with Crippen LogP contribution in [0, 0.1) is 5.92 Å². The highest BCUT2D eigenvalue weighted by Gasteiger charge is 2.40. The number of carbonyl (C=O) groups is 1. The van der Waals surface area contributed by atoms with Crippen molar-refractivity contribution in [3.05, 3.63) is 69.6 Å². The Kier molecular flexibility index (Phi) is 8.01. The van der Waals surface area contributed by atoms with Gasteiger partial charge in [-0.1, -0.05) is 75.0 Å². The number of hydrogen-bond donors (Lipinski definition) is 1. The average Bonchev–Trinajstić information content (AvgIpc) is 2.78. The molecule has 0 radical (unpaired) electrons. The van der Waals surface area contributed by atoms with E-state index < -0.39 is 15.9 Å². The highest BCUT2D eigenvalue weighted by Crippen LogP contribution is 2.43. The molecule has 0 bridgehead atoms. The minimum absolute atomic E-state index is 0.212. The van der Waals surface area contributed by atoms with E-state index in [1.165, 1.54) is 4.31 Å². The van der Waals surface area contributed by atoms with Crippen LogP contribution in [0.2, 0.25) is 5.02 Å². The van der Waals surface area contributed by atoms with Crippen molar-refractivity contribution in [2.75, 3.05) is 17.4 Å². The molecule has 0 aliphatic carbocycles. The van der Waals surface area contributed by atoms with Crippen molar-refractivity contribution in [3.63, 3.8) is 0 Å². The fourth-order valence-electron chi connectivity index (χ4n) is 4.14. The van der Waals surface area contributed by atoms with Gasteiger partial charge in [-0.15, -0.1) is 0 Å².